The Morgan fingerprint density at radius 1 is 1.35 bits per heavy atom. The van der Waals surface area contributed by atoms with Crippen LogP contribution in [0.5, 0.6) is 0 Å². The third-order valence-electron chi connectivity index (χ3n) is 4.05. The molecule has 1 aliphatic rings. The highest BCUT2D eigenvalue weighted by Gasteiger charge is 2.34. The first kappa shape index (κ1) is 15.9. The summed E-state index contributed by atoms with van der Waals surface area (Å²) in [5.74, 6) is -0.202. The number of aryl methyl sites for hydroxylation is 1. The summed E-state index contributed by atoms with van der Waals surface area (Å²) < 4.78 is 27.2. The minimum Gasteiger partial charge on any atom is -0.345 e. The van der Waals surface area contributed by atoms with Gasteiger partial charge in [-0.3, -0.25) is 9.48 Å². The van der Waals surface area contributed by atoms with Gasteiger partial charge in [0, 0.05) is 12.1 Å². The number of nitrogens with one attached hydrogen (secondary N) is 1. The van der Waals surface area contributed by atoms with Gasteiger partial charge in [-0.25, -0.2) is 8.78 Å². The lowest BCUT2D eigenvalue weighted by Gasteiger charge is -2.19. The lowest BCUT2D eigenvalue weighted by atomic mass is 10.0. The lowest BCUT2D eigenvalue weighted by molar-refractivity contribution is 0.0915. The van der Waals surface area contributed by atoms with Gasteiger partial charge in [-0.05, 0) is 36.5 Å². The van der Waals surface area contributed by atoms with Gasteiger partial charge < -0.3 is 5.32 Å². The third kappa shape index (κ3) is 3.37. The minimum absolute atomic E-state index is 0.0814. The molecule has 1 unspecified atom stereocenters. The number of carbonyl (C=O) groups is 1. The molecule has 0 aliphatic heterocycles. The summed E-state index contributed by atoms with van der Waals surface area (Å²) in [7, 11) is 1.40. The molecule has 0 saturated heterocycles. The van der Waals surface area contributed by atoms with Crippen molar-refractivity contribution in [2.75, 3.05) is 0 Å². The van der Waals surface area contributed by atoms with Crippen molar-refractivity contribution in [1.29, 1.82) is 0 Å². The Bertz CT molecular complexity index is 711. The first-order valence-electron chi connectivity index (χ1n) is 7.33. The number of alkyl halides is 2. The van der Waals surface area contributed by atoms with Gasteiger partial charge in [0.25, 0.3) is 12.3 Å². The molecule has 0 spiro atoms. The molecule has 1 N–H and O–H groups in total. The molecule has 1 heterocycles. The highest BCUT2D eigenvalue weighted by molar-refractivity contribution is 6.30. The molecule has 122 valence electrons. The first-order chi connectivity index (χ1) is 11.0. The number of halogens is 3. The molecule has 2 aromatic rings. The van der Waals surface area contributed by atoms with Gasteiger partial charge in [0.2, 0.25) is 0 Å². The molecule has 7 heteroatoms. The molecule has 23 heavy (non-hydrogen) atoms. The fourth-order valence-electron chi connectivity index (χ4n) is 2.67. The van der Waals surface area contributed by atoms with E-state index in [1.807, 2.05) is 12.1 Å². The Morgan fingerprint density at radius 3 is 2.57 bits per heavy atom. The summed E-state index contributed by atoms with van der Waals surface area (Å²) >= 11 is 5.89. The third-order valence-corrected chi connectivity index (χ3v) is 4.30. The van der Waals surface area contributed by atoms with Crippen LogP contribution in [0.25, 0.3) is 0 Å². The number of nitrogens with zero attached hydrogens (tertiary/aromatic N) is 2. The summed E-state index contributed by atoms with van der Waals surface area (Å²) in [5.41, 5.74) is 0.475. The molecule has 1 aromatic heterocycles. The number of benzene rings is 1. The van der Waals surface area contributed by atoms with E-state index < -0.39 is 12.3 Å². The Hall–Kier alpha value is -1.95. The highest BCUT2D eigenvalue weighted by atomic mass is 35.5. The van der Waals surface area contributed by atoms with Gasteiger partial charge in [0.15, 0.2) is 0 Å². The Morgan fingerprint density at radius 2 is 2.00 bits per heavy atom. The van der Waals surface area contributed by atoms with E-state index in [4.69, 9.17) is 11.6 Å². The zero-order chi connectivity index (χ0) is 16.6. The van der Waals surface area contributed by atoms with Crippen molar-refractivity contribution in [3.8, 4) is 0 Å². The van der Waals surface area contributed by atoms with E-state index >= 15 is 0 Å². The van der Waals surface area contributed by atoms with Crippen LogP contribution < -0.4 is 5.32 Å². The Labute approximate surface area is 137 Å². The van der Waals surface area contributed by atoms with Crippen molar-refractivity contribution in [1.82, 2.24) is 15.1 Å². The molecule has 1 aliphatic carbocycles. The van der Waals surface area contributed by atoms with Gasteiger partial charge in [-0.2, -0.15) is 5.10 Å². The summed E-state index contributed by atoms with van der Waals surface area (Å²) in [6.45, 7) is 0. The van der Waals surface area contributed by atoms with Gasteiger partial charge in [-0.15, -0.1) is 0 Å². The fourth-order valence-corrected chi connectivity index (χ4v) is 2.80. The van der Waals surface area contributed by atoms with Crippen LogP contribution in [0, 0.1) is 5.92 Å². The maximum absolute atomic E-state index is 13.1. The molecular weight excluding hydrogens is 324 g/mol. The van der Waals surface area contributed by atoms with Crippen LogP contribution >= 0.6 is 11.6 Å². The SMILES string of the molecule is Cn1ncc(C(=O)NC(c2ccc(Cl)cc2)C2CC2)c1C(F)F. The van der Waals surface area contributed by atoms with Crippen LogP contribution in [0.1, 0.15) is 46.9 Å². The van der Waals surface area contributed by atoms with Crippen molar-refractivity contribution < 1.29 is 13.6 Å². The molecule has 0 radical (unpaired) electrons. The smallest absolute Gasteiger partial charge is 0.280 e. The Balaban J connectivity index is 1.84. The fraction of sp³-hybridized carbons (Fsp3) is 0.375. The Kier molecular flexibility index (Phi) is 4.35. The summed E-state index contributed by atoms with van der Waals surface area (Å²) in [6, 6.07) is 7.01. The number of rotatable bonds is 5. The van der Waals surface area contributed by atoms with E-state index in [-0.39, 0.29) is 17.3 Å². The van der Waals surface area contributed by atoms with Crippen molar-refractivity contribution in [3.63, 3.8) is 0 Å². The second-order valence-corrected chi connectivity index (χ2v) is 6.14. The number of carbonyl (C=O) groups excluding carboxylic acids is 1. The number of hydrogen-bond acceptors (Lipinski definition) is 2. The standard InChI is InChI=1S/C16H16ClF2N3O/c1-22-14(15(18)19)12(8-20-22)16(23)21-13(9-2-3-9)10-4-6-11(17)7-5-10/h4-9,13,15H,2-3H2,1H3,(H,21,23). The van der Waals surface area contributed by atoms with E-state index in [1.54, 1.807) is 12.1 Å². The summed E-state index contributed by atoms with van der Waals surface area (Å²) in [5, 5.41) is 7.25. The molecule has 1 aromatic carbocycles. The van der Waals surface area contributed by atoms with E-state index in [0.29, 0.717) is 10.9 Å². The van der Waals surface area contributed by atoms with Gasteiger partial charge >= 0.3 is 0 Å². The molecule has 1 amide bonds. The monoisotopic (exact) mass is 339 g/mol. The van der Waals surface area contributed by atoms with E-state index in [0.717, 1.165) is 23.1 Å². The zero-order valence-corrected chi connectivity index (χ0v) is 13.2. The highest BCUT2D eigenvalue weighted by Crippen LogP contribution is 2.41. The van der Waals surface area contributed by atoms with Crippen molar-refractivity contribution in [2.45, 2.75) is 25.3 Å². The number of aromatic nitrogens is 2. The molecular formula is C16H16ClF2N3O. The second kappa shape index (κ2) is 6.28. The average Bonchev–Trinajstić information content (AvgIpc) is 3.27. The second-order valence-electron chi connectivity index (χ2n) is 5.71. The van der Waals surface area contributed by atoms with Gasteiger partial charge in [0.05, 0.1) is 17.8 Å². The van der Waals surface area contributed by atoms with Crippen LogP contribution in [0.15, 0.2) is 30.5 Å². The largest absolute Gasteiger partial charge is 0.345 e. The van der Waals surface area contributed by atoms with Gasteiger partial charge in [0.1, 0.15) is 5.69 Å². The molecule has 0 bridgehead atoms. The number of hydrogen-bond donors (Lipinski definition) is 1. The molecule has 3 rings (SSSR count). The molecule has 1 fully saturated rings. The van der Waals surface area contributed by atoms with Crippen LogP contribution in [-0.4, -0.2) is 15.7 Å². The predicted octanol–water partition coefficient (Wildman–Crippen LogP) is 3.89. The topological polar surface area (TPSA) is 46.9 Å². The normalized spacial score (nSPS) is 15.7. The molecule has 1 saturated carbocycles. The lowest BCUT2D eigenvalue weighted by Crippen LogP contribution is -2.30. The van der Waals surface area contributed by atoms with Gasteiger partial charge in [-0.1, -0.05) is 23.7 Å². The average molecular weight is 340 g/mol. The van der Waals surface area contributed by atoms with Crippen molar-refractivity contribution >= 4 is 17.5 Å². The number of amides is 1. The molecule has 1 atom stereocenters. The maximum atomic E-state index is 13.1. The van der Waals surface area contributed by atoms with Crippen LogP contribution in [0.3, 0.4) is 0 Å². The van der Waals surface area contributed by atoms with Crippen LogP contribution in [0.2, 0.25) is 5.02 Å². The van der Waals surface area contributed by atoms with Crippen LogP contribution in [-0.2, 0) is 7.05 Å². The summed E-state index contributed by atoms with van der Waals surface area (Å²) in [6.07, 6.45) is 0.436. The minimum atomic E-state index is -2.75. The maximum Gasteiger partial charge on any atom is 0.280 e. The van der Waals surface area contributed by atoms with E-state index in [9.17, 15) is 13.6 Å². The predicted molar refractivity (Wildman–Crippen MR) is 82.5 cm³/mol. The van der Waals surface area contributed by atoms with Crippen molar-refractivity contribution in [2.24, 2.45) is 13.0 Å². The quantitative estimate of drug-likeness (QED) is 0.898. The van der Waals surface area contributed by atoms with Crippen LogP contribution in [0.4, 0.5) is 8.78 Å². The van der Waals surface area contributed by atoms with E-state index in [1.165, 1.54) is 13.2 Å². The molecule has 4 nitrogen and oxygen atoms in total. The summed E-state index contributed by atoms with van der Waals surface area (Å²) in [4.78, 5) is 12.4. The van der Waals surface area contributed by atoms with E-state index in [2.05, 4.69) is 10.4 Å². The van der Waals surface area contributed by atoms with Crippen molar-refractivity contribution in [3.05, 3.63) is 52.3 Å². The zero-order valence-electron chi connectivity index (χ0n) is 12.5. The first-order valence-corrected chi connectivity index (χ1v) is 7.71.